The molecule has 1 heterocycles. The lowest BCUT2D eigenvalue weighted by atomic mass is 10.2. The van der Waals surface area contributed by atoms with Gasteiger partial charge in [0.2, 0.25) is 0 Å². The second kappa shape index (κ2) is 3.21. The smallest absolute Gasteiger partial charge is 0.102 e. The molecule has 1 nitrogen and oxygen atoms in total. The van der Waals surface area contributed by atoms with Crippen LogP contribution in [0.2, 0.25) is 19.6 Å². The van der Waals surface area contributed by atoms with Gasteiger partial charge in [-0.1, -0.05) is 43.9 Å². The van der Waals surface area contributed by atoms with Crippen molar-refractivity contribution in [2.75, 3.05) is 0 Å². The molecule has 1 aromatic carbocycles. The fourth-order valence-electron chi connectivity index (χ4n) is 1.72. The van der Waals surface area contributed by atoms with E-state index in [-0.39, 0.29) is 0 Å². The Labute approximate surface area is 85.8 Å². The largest absolute Gasteiger partial charge is 0.265 e. The highest BCUT2D eigenvalue weighted by Crippen LogP contribution is 2.13. The third kappa shape index (κ3) is 1.57. The maximum atomic E-state index is 4.54. The highest BCUT2D eigenvalue weighted by Gasteiger charge is 2.20. The molecule has 2 rings (SSSR count). The molecular weight excluding hydrogens is 186 g/mol. The minimum atomic E-state index is -1.31. The number of fused-ring (bicyclic) bond motifs is 1. The van der Waals surface area contributed by atoms with Crippen LogP contribution < -0.4 is 5.32 Å². The quantitative estimate of drug-likeness (QED) is 0.647. The first-order valence-electron chi connectivity index (χ1n) is 4.93. The Morgan fingerprint density at radius 1 is 1.00 bits per heavy atom. The van der Waals surface area contributed by atoms with Crippen LogP contribution in [-0.4, -0.2) is 13.1 Å². The molecular formula is C12H15NSi. The molecule has 0 bridgehead atoms. The monoisotopic (exact) mass is 201 g/mol. The summed E-state index contributed by atoms with van der Waals surface area (Å²) in [4.78, 5) is 4.54. The predicted molar refractivity (Wildman–Crippen MR) is 64.7 cm³/mol. The number of aromatic nitrogens is 1. The van der Waals surface area contributed by atoms with Gasteiger partial charge in [-0.2, -0.15) is 0 Å². The minimum Gasteiger partial charge on any atom is -0.265 e. The summed E-state index contributed by atoms with van der Waals surface area (Å²) in [7, 11) is -1.31. The number of benzene rings is 1. The standard InChI is InChI=1S/C12H15NSi/c1-14(2,3)12-11-7-5-4-6-10(11)8-9-13-12/h4-9H,1-3H3. The van der Waals surface area contributed by atoms with E-state index in [9.17, 15) is 0 Å². The van der Waals surface area contributed by atoms with Gasteiger partial charge in [-0.25, -0.2) is 0 Å². The molecule has 0 atom stereocenters. The molecule has 0 fully saturated rings. The van der Waals surface area contributed by atoms with Crippen LogP contribution in [0.5, 0.6) is 0 Å². The molecule has 0 aliphatic rings. The van der Waals surface area contributed by atoms with E-state index >= 15 is 0 Å². The summed E-state index contributed by atoms with van der Waals surface area (Å²) in [5.74, 6) is 0. The van der Waals surface area contributed by atoms with Crippen LogP contribution in [0.25, 0.3) is 10.8 Å². The van der Waals surface area contributed by atoms with Crippen molar-refractivity contribution in [1.82, 2.24) is 4.98 Å². The summed E-state index contributed by atoms with van der Waals surface area (Å²) >= 11 is 0. The van der Waals surface area contributed by atoms with E-state index in [0.717, 1.165) is 0 Å². The molecule has 0 saturated carbocycles. The Bertz CT molecular complexity index is 452. The van der Waals surface area contributed by atoms with E-state index in [1.165, 1.54) is 16.1 Å². The van der Waals surface area contributed by atoms with Crippen molar-refractivity contribution in [1.29, 1.82) is 0 Å². The van der Waals surface area contributed by atoms with E-state index in [4.69, 9.17) is 0 Å². The first-order valence-corrected chi connectivity index (χ1v) is 8.43. The van der Waals surface area contributed by atoms with E-state index in [0.29, 0.717) is 0 Å². The van der Waals surface area contributed by atoms with Crippen molar-refractivity contribution in [2.24, 2.45) is 0 Å². The lowest BCUT2D eigenvalue weighted by Crippen LogP contribution is -2.40. The lowest BCUT2D eigenvalue weighted by Gasteiger charge is -2.17. The van der Waals surface area contributed by atoms with Crippen LogP contribution in [0.15, 0.2) is 36.5 Å². The third-order valence-corrected chi connectivity index (χ3v) is 4.20. The lowest BCUT2D eigenvalue weighted by molar-refractivity contribution is 1.39. The van der Waals surface area contributed by atoms with Crippen molar-refractivity contribution in [3.63, 3.8) is 0 Å². The molecule has 0 spiro atoms. The van der Waals surface area contributed by atoms with Gasteiger partial charge in [0, 0.05) is 11.5 Å². The maximum absolute atomic E-state index is 4.54. The van der Waals surface area contributed by atoms with Crippen LogP contribution in [0.4, 0.5) is 0 Å². The zero-order valence-corrected chi connectivity index (χ0v) is 9.91. The van der Waals surface area contributed by atoms with Crippen molar-refractivity contribution in [3.05, 3.63) is 36.5 Å². The summed E-state index contributed by atoms with van der Waals surface area (Å²) in [5, 5.41) is 3.95. The van der Waals surface area contributed by atoms with Gasteiger partial charge in [-0.3, -0.25) is 4.98 Å². The van der Waals surface area contributed by atoms with Crippen molar-refractivity contribution >= 4 is 24.2 Å². The number of nitrogens with zero attached hydrogens (tertiary/aromatic N) is 1. The fourth-order valence-corrected chi connectivity index (χ4v) is 3.21. The van der Waals surface area contributed by atoms with Gasteiger partial charge in [-0.15, -0.1) is 0 Å². The van der Waals surface area contributed by atoms with Gasteiger partial charge in [0.1, 0.15) is 8.07 Å². The second-order valence-corrected chi connectivity index (χ2v) is 9.60. The van der Waals surface area contributed by atoms with Crippen molar-refractivity contribution in [3.8, 4) is 0 Å². The summed E-state index contributed by atoms with van der Waals surface area (Å²) in [6, 6.07) is 10.6. The zero-order chi connectivity index (χ0) is 10.2. The molecule has 0 aliphatic carbocycles. The molecule has 0 radical (unpaired) electrons. The molecule has 0 aliphatic heterocycles. The Morgan fingerprint density at radius 3 is 2.43 bits per heavy atom. The Hall–Kier alpha value is -1.15. The van der Waals surface area contributed by atoms with Gasteiger partial charge >= 0.3 is 0 Å². The summed E-state index contributed by atoms with van der Waals surface area (Å²) in [5.41, 5.74) is 0. The van der Waals surface area contributed by atoms with Crippen LogP contribution in [0.1, 0.15) is 0 Å². The Kier molecular flexibility index (Phi) is 2.15. The number of hydrogen-bond acceptors (Lipinski definition) is 1. The average Bonchev–Trinajstić information content (AvgIpc) is 2.15. The van der Waals surface area contributed by atoms with Gasteiger partial charge in [0.15, 0.2) is 0 Å². The Morgan fingerprint density at radius 2 is 1.71 bits per heavy atom. The molecule has 0 N–H and O–H groups in total. The number of pyridine rings is 1. The van der Waals surface area contributed by atoms with E-state index in [1.54, 1.807) is 0 Å². The SMILES string of the molecule is C[Si](C)(C)c1nccc2ccccc12. The predicted octanol–water partition coefficient (Wildman–Crippen LogP) is 2.78. The molecule has 14 heavy (non-hydrogen) atoms. The van der Waals surface area contributed by atoms with Gasteiger partial charge in [0.25, 0.3) is 0 Å². The minimum absolute atomic E-state index is 1.31. The molecule has 2 aromatic rings. The van der Waals surface area contributed by atoms with Crippen molar-refractivity contribution in [2.45, 2.75) is 19.6 Å². The second-order valence-electron chi connectivity index (χ2n) is 4.63. The molecule has 1 aromatic heterocycles. The first-order chi connectivity index (χ1) is 6.59. The van der Waals surface area contributed by atoms with Crippen LogP contribution in [0, 0.1) is 0 Å². The molecule has 0 unspecified atom stereocenters. The summed E-state index contributed by atoms with van der Waals surface area (Å²) < 4.78 is 0. The molecule has 0 saturated heterocycles. The topological polar surface area (TPSA) is 12.9 Å². The highest BCUT2D eigenvalue weighted by atomic mass is 28.3. The summed E-state index contributed by atoms with van der Waals surface area (Å²) in [6.45, 7) is 7.01. The normalized spacial score (nSPS) is 11.9. The van der Waals surface area contributed by atoms with Crippen LogP contribution in [-0.2, 0) is 0 Å². The van der Waals surface area contributed by atoms with Crippen LogP contribution in [0.3, 0.4) is 0 Å². The highest BCUT2D eigenvalue weighted by molar-refractivity contribution is 6.89. The molecule has 0 amide bonds. The first kappa shape index (κ1) is 9.40. The van der Waals surface area contributed by atoms with E-state index < -0.39 is 8.07 Å². The summed E-state index contributed by atoms with van der Waals surface area (Å²) in [6.07, 6.45) is 1.93. The van der Waals surface area contributed by atoms with Gasteiger partial charge in [0.05, 0.1) is 0 Å². The zero-order valence-electron chi connectivity index (χ0n) is 8.91. The van der Waals surface area contributed by atoms with Crippen molar-refractivity contribution < 1.29 is 0 Å². The van der Waals surface area contributed by atoms with E-state index in [1.807, 2.05) is 6.20 Å². The fraction of sp³-hybridized carbons (Fsp3) is 0.250. The number of hydrogen-bond donors (Lipinski definition) is 0. The number of rotatable bonds is 1. The van der Waals surface area contributed by atoms with Gasteiger partial charge < -0.3 is 0 Å². The third-order valence-electron chi connectivity index (χ3n) is 2.38. The van der Waals surface area contributed by atoms with Gasteiger partial charge in [-0.05, 0) is 16.8 Å². The van der Waals surface area contributed by atoms with Crippen LogP contribution >= 0.6 is 0 Å². The Balaban J connectivity index is 2.78. The van der Waals surface area contributed by atoms with E-state index in [2.05, 4.69) is 55.0 Å². The molecule has 2 heteroatoms. The maximum Gasteiger partial charge on any atom is 0.102 e. The average molecular weight is 201 g/mol. The molecule has 72 valence electrons.